The summed E-state index contributed by atoms with van der Waals surface area (Å²) >= 11 is 0. The Morgan fingerprint density at radius 3 is 2.25 bits per heavy atom. The predicted octanol–water partition coefficient (Wildman–Crippen LogP) is 5.78. The molecular weight excluding hydrogens is 714 g/mol. The van der Waals surface area contributed by atoms with Crippen LogP contribution in [0.4, 0.5) is 4.79 Å². The molecule has 4 heterocycles. The standard InChI is InChI=1S/C44H47N3O9/c48-28-30-10-12-33(13-11-30)39-24-36(27-46-20-18-44(19-21-46)53-22-23-54-44)55-42(56-39)34-16-14-32(15-17-34)37-9-5-4-8-35(37)26-47-40(49)25-38(41(47)50)45-43(51)52-29-31-6-2-1-3-7-31/h1-17,36,38-39,42,48H,18-29H2,(H,45,51)/t36-,38?,39+,42+/m0/s1. The van der Waals surface area contributed by atoms with E-state index in [2.05, 4.69) is 10.2 Å². The van der Waals surface area contributed by atoms with E-state index in [1.807, 2.05) is 103 Å². The van der Waals surface area contributed by atoms with Crippen LogP contribution in [0.5, 0.6) is 0 Å². The third-order valence-corrected chi connectivity index (χ3v) is 11.1. The Morgan fingerprint density at radius 1 is 0.821 bits per heavy atom. The van der Waals surface area contributed by atoms with Crippen molar-refractivity contribution < 1.29 is 43.2 Å². The van der Waals surface area contributed by atoms with Crippen LogP contribution in [0.2, 0.25) is 0 Å². The Morgan fingerprint density at radius 2 is 1.52 bits per heavy atom. The predicted molar refractivity (Wildman–Crippen MR) is 204 cm³/mol. The molecule has 292 valence electrons. The van der Waals surface area contributed by atoms with Crippen LogP contribution in [0.1, 0.15) is 65.9 Å². The van der Waals surface area contributed by atoms with Gasteiger partial charge in [-0.3, -0.25) is 14.5 Å². The molecular formula is C44H47N3O9. The maximum absolute atomic E-state index is 13.4. The Bertz CT molecular complexity index is 1980. The molecule has 0 bridgehead atoms. The summed E-state index contributed by atoms with van der Waals surface area (Å²) in [6.45, 7) is 3.89. The van der Waals surface area contributed by atoms with Gasteiger partial charge in [-0.1, -0.05) is 103 Å². The van der Waals surface area contributed by atoms with Crippen LogP contribution in [0, 0.1) is 0 Å². The first-order chi connectivity index (χ1) is 27.3. The number of imide groups is 1. The zero-order valence-electron chi connectivity index (χ0n) is 31.2. The highest BCUT2D eigenvalue weighted by Gasteiger charge is 2.42. The minimum absolute atomic E-state index is 0.0199. The van der Waals surface area contributed by atoms with Gasteiger partial charge in [-0.05, 0) is 33.4 Å². The first-order valence-corrected chi connectivity index (χ1v) is 19.4. The maximum atomic E-state index is 13.4. The van der Waals surface area contributed by atoms with E-state index in [9.17, 15) is 19.5 Å². The van der Waals surface area contributed by atoms with Gasteiger partial charge in [0.2, 0.25) is 5.91 Å². The lowest BCUT2D eigenvalue weighted by atomic mass is 9.97. The van der Waals surface area contributed by atoms with Crippen LogP contribution >= 0.6 is 0 Å². The van der Waals surface area contributed by atoms with Crippen molar-refractivity contribution in [3.05, 3.63) is 131 Å². The molecule has 1 unspecified atom stereocenters. The Hall–Kier alpha value is -4.95. The smallest absolute Gasteiger partial charge is 0.408 e. The molecule has 4 saturated heterocycles. The number of nitrogens with one attached hydrogen (secondary N) is 1. The number of hydrogen-bond acceptors (Lipinski definition) is 10. The van der Waals surface area contributed by atoms with Crippen molar-refractivity contribution in [1.29, 1.82) is 0 Å². The summed E-state index contributed by atoms with van der Waals surface area (Å²) in [5.74, 6) is -1.27. The molecule has 0 aliphatic carbocycles. The van der Waals surface area contributed by atoms with Crippen LogP contribution in [-0.4, -0.2) is 83.6 Å². The molecule has 56 heavy (non-hydrogen) atoms. The number of carbonyl (C=O) groups is 3. The molecule has 1 spiro atoms. The number of hydrogen-bond donors (Lipinski definition) is 2. The van der Waals surface area contributed by atoms with Crippen LogP contribution in [0.25, 0.3) is 11.1 Å². The van der Waals surface area contributed by atoms with Crippen LogP contribution in [0.3, 0.4) is 0 Å². The van der Waals surface area contributed by atoms with Gasteiger partial charge in [-0.25, -0.2) is 4.79 Å². The van der Waals surface area contributed by atoms with E-state index in [0.717, 1.165) is 71.4 Å². The number of amides is 3. The summed E-state index contributed by atoms with van der Waals surface area (Å²) in [6, 6.07) is 31.8. The fraction of sp³-hybridized carbons (Fsp3) is 0.386. The quantitative estimate of drug-likeness (QED) is 0.181. The zero-order valence-corrected chi connectivity index (χ0v) is 31.2. The number of carbonyl (C=O) groups excluding carboxylic acids is 3. The zero-order chi connectivity index (χ0) is 38.5. The molecule has 4 aromatic carbocycles. The fourth-order valence-electron chi connectivity index (χ4n) is 7.98. The van der Waals surface area contributed by atoms with Gasteiger partial charge in [0.05, 0.1) is 45.0 Å². The second kappa shape index (κ2) is 17.0. The highest BCUT2D eigenvalue weighted by Crippen LogP contribution is 2.40. The van der Waals surface area contributed by atoms with Crippen LogP contribution in [-0.2, 0) is 53.0 Å². The van der Waals surface area contributed by atoms with Gasteiger partial charge < -0.3 is 39.0 Å². The van der Waals surface area contributed by atoms with E-state index in [1.54, 1.807) is 0 Å². The summed E-state index contributed by atoms with van der Waals surface area (Å²) in [5, 5.41) is 12.2. The van der Waals surface area contributed by atoms with E-state index < -0.39 is 30.1 Å². The normalized spacial score (nSPS) is 23.8. The number of aliphatic hydroxyl groups excluding tert-OH is 1. The lowest BCUT2D eigenvalue weighted by Gasteiger charge is -2.41. The molecule has 0 aromatic heterocycles. The first kappa shape index (κ1) is 37.9. The Labute approximate surface area is 326 Å². The number of nitrogens with zero attached hydrogens (tertiary/aromatic N) is 2. The number of alkyl carbamates (subject to hydrolysis) is 1. The molecule has 3 amide bonds. The largest absolute Gasteiger partial charge is 0.445 e. The van der Waals surface area contributed by atoms with Gasteiger partial charge in [0.25, 0.3) is 5.91 Å². The van der Waals surface area contributed by atoms with E-state index >= 15 is 0 Å². The number of aliphatic hydroxyl groups is 1. The van der Waals surface area contributed by atoms with Crippen LogP contribution in [0.15, 0.2) is 103 Å². The summed E-state index contributed by atoms with van der Waals surface area (Å²) < 4.78 is 30.5. The van der Waals surface area contributed by atoms with Gasteiger partial charge in [0, 0.05) is 44.5 Å². The molecule has 12 nitrogen and oxygen atoms in total. The van der Waals surface area contributed by atoms with E-state index in [-0.39, 0.29) is 44.3 Å². The first-order valence-electron chi connectivity index (χ1n) is 19.4. The number of likely N-dealkylation sites (tertiary alicyclic amines) is 2. The van der Waals surface area contributed by atoms with Crippen molar-refractivity contribution >= 4 is 17.9 Å². The molecule has 8 rings (SSSR count). The van der Waals surface area contributed by atoms with E-state index in [0.29, 0.717) is 19.6 Å². The van der Waals surface area contributed by atoms with Gasteiger partial charge >= 0.3 is 6.09 Å². The molecule has 12 heteroatoms. The number of rotatable bonds is 11. The molecule has 4 fully saturated rings. The van der Waals surface area contributed by atoms with Gasteiger partial charge in [0.15, 0.2) is 12.1 Å². The highest BCUT2D eigenvalue weighted by atomic mass is 16.7. The van der Waals surface area contributed by atoms with Crippen molar-refractivity contribution in [2.45, 2.75) is 75.8 Å². The average Bonchev–Trinajstić information content (AvgIpc) is 3.80. The average molecular weight is 762 g/mol. The number of piperidine rings is 1. The van der Waals surface area contributed by atoms with Crippen molar-refractivity contribution in [2.24, 2.45) is 0 Å². The number of benzene rings is 4. The second-order valence-corrected chi connectivity index (χ2v) is 14.8. The summed E-state index contributed by atoms with van der Waals surface area (Å²) in [6.07, 6.45) is 0.563. The van der Waals surface area contributed by atoms with Gasteiger partial charge in [-0.2, -0.15) is 0 Å². The minimum atomic E-state index is -0.991. The molecule has 0 radical (unpaired) electrons. The molecule has 0 saturated carbocycles. The summed E-state index contributed by atoms with van der Waals surface area (Å²) in [7, 11) is 0. The monoisotopic (exact) mass is 761 g/mol. The van der Waals surface area contributed by atoms with Gasteiger partial charge in [-0.15, -0.1) is 0 Å². The number of ether oxygens (including phenoxy) is 5. The third-order valence-electron chi connectivity index (χ3n) is 11.1. The SMILES string of the molecule is O=C(NC1CC(=O)N(Cc2ccccc2-c2ccc([C@@H]3O[C@H](CN4CCC5(CC4)OCCO5)C[C@H](c4ccc(CO)cc4)O3)cc2)C1=O)OCc1ccccc1. The summed E-state index contributed by atoms with van der Waals surface area (Å²) in [4.78, 5) is 42.5. The fourth-order valence-corrected chi connectivity index (χ4v) is 7.98. The van der Waals surface area contributed by atoms with Crippen molar-refractivity contribution in [2.75, 3.05) is 32.8 Å². The maximum Gasteiger partial charge on any atom is 0.408 e. The second-order valence-electron chi connectivity index (χ2n) is 14.8. The summed E-state index contributed by atoms with van der Waals surface area (Å²) in [5.41, 5.74) is 6.14. The van der Waals surface area contributed by atoms with E-state index in [4.69, 9.17) is 23.7 Å². The highest BCUT2D eigenvalue weighted by molar-refractivity contribution is 6.06. The van der Waals surface area contributed by atoms with Gasteiger partial charge in [0.1, 0.15) is 12.6 Å². The molecule has 4 aromatic rings. The molecule has 4 aliphatic heterocycles. The Kier molecular flexibility index (Phi) is 11.6. The lowest BCUT2D eigenvalue weighted by molar-refractivity contribution is -0.255. The van der Waals surface area contributed by atoms with Crippen LogP contribution < -0.4 is 5.32 Å². The molecule has 4 aliphatic rings. The molecule has 4 atom stereocenters. The Balaban J connectivity index is 0.937. The third kappa shape index (κ3) is 8.71. The topological polar surface area (TPSA) is 136 Å². The van der Waals surface area contributed by atoms with Crippen molar-refractivity contribution in [3.8, 4) is 11.1 Å². The van der Waals surface area contributed by atoms with Crippen molar-refractivity contribution in [3.63, 3.8) is 0 Å². The lowest BCUT2D eigenvalue weighted by Crippen LogP contribution is -2.48. The van der Waals surface area contributed by atoms with E-state index in [1.165, 1.54) is 4.90 Å². The minimum Gasteiger partial charge on any atom is -0.445 e. The molecule has 2 N–H and O–H groups in total. The van der Waals surface area contributed by atoms with Crippen molar-refractivity contribution in [1.82, 2.24) is 15.1 Å².